The van der Waals surface area contributed by atoms with Crippen molar-refractivity contribution < 1.29 is 14.0 Å². The Morgan fingerprint density at radius 1 is 1.25 bits per heavy atom. The van der Waals surface area contributed by atoms with Gasteiger partial charge in [-0.3, -0.25) is 9.63 Å². The van der Waals surface area contributed by atoms with Gasteiger partial charge in [0.2, 0.25) is 12.3 Å². The first-order valence-electron chi connectivity index (χ1n) is 6.65. The highest BCUT2D eigenvalue weighted by Crippen LogP contribution is 2.20. The standard InChI is InChI=1S/C14H15N3O3/c18-13(17-20-12-3-1-2-4-12)10-5-7-11(8-6-10)14-16-15-9-19-14/h5-9,12H,1-4H2,(H,17,18). The normalized spacial score (nSPS) is 15.4. The summed E-state index contributed by atoms with van der Waals surface area (Å²) in [7, 11) is 0. The van der Waals surface area contributed by atoms with E-state index < -0.39 is 0 Å². The molecule has 20 heavy (non-hydrogen) atoms. The molecule has 1 aromatic heterocycles. The van der Waals surface area contributed by atoms with Crippen LogP contribution in [0.15, 0.2) is 35.1 Å². The summed E-state index contributed by atoms with van der Waals surface area (Å²) in [5, 5.41) is 7.42. The van der Waals surface area contributed by atoms with Crippen LogP contribution >= 0.6 is 0 Å². The van der Waals surface area contributed by atoms with Crippen LogP contribution in [0.5, 0.6) is 0 Å². The van der Waals surface area contributed by atoms with Crippen molar-refractivity contribution in [2.75, 3.05) is 0 Å². The molecular weight excluding hydrogens is 258 g/mol. The number of aromatic nitrogens is 2. The number of nitrogens with one attached hydrogen (secondary N) is 1. The molecule has 1 aliphatic rings. The number of carbonyl (C=O) groups is 1. The molecular formula is C14H15N3O3. The van der Waals surface area contributed by atoms with Crippen LogP contribution in [0.3, 0.4) is 0 Å². The molecule has 0 saturated heterocycles. The Labute approximate surface area is 116 Å². The van der Waals surface area contributed by atoms with Gasteiger partial charge in [-0.2, -0.15) is 0 Å². The molecule has 0 atom stereocenters. The average molecular weight is 273 g/mol. The molecule has 104 valence electrons. The zero-order valence-electron chi connectivity index (χ0n) is 10.9. The Hall–Kier alpha value is -2.21. The summed E-state index contributed by atoms with van der Waals surface area (Å²) in [5.41, 5.74) is 3.81. The molecule has 1 N–H and O–H groups in total. The highest BCUT2D eigenvalue weighted by Gasteiger charge is 2.17. The van der Waals surface area contributed by atoms with Crippen LogP contribution in [-0.2, 0) is 4.84 Å². The third kappa shape index (κ3) is 2.85. The zero-order chi connectivity index (χ0) is 13.8. The molecule has 1 fully saturated rings. The van der Waals surface area contributed by atoms with Crippen LogP contribution in [0.1, 0.15) is 36.0 Å². The maximum Gasteiger partial charge on any atom is 0.274 e. The molecule has 0 spiro atoms. The number of rotatable bonds is 4. The van der Waals surface area contributed by atoms with Crippen molar-refractivity contribution in [2.45, 2.75) is 31.8 Å². The highest BCUT2D eigenvalue weighted by atomic mass is 16.7. The van der Waals surface area contributed by atoms with Crippen molar-refractivity contribution in [1.82, 2.24) is 15.7 Å². The molecule has 6 heteroatoms. The van der Waals surface area contributed by atoms with Crippen molar-refractivity contribution in [3.63, 3.8) is 0 Å². The molecule has 0 unspecified atom stereocenters. The van der Waals surface area contributed by atoms with Crippen LogP contribution in [0.25, 0.3) is 11.5 Å². The summed E-state index contributed by atoms with van der Waals surface area (Å²) in [6.07, 6.45) is 5.77. The molecule has 2 aromatic rings. The van der Waals surface area contributed by atoms with E-state index in [0.29, 0.717) is 11.5 Å². The Morgan fingerprint density at radius 2 is 2.00 bits per heavy atom. The first-order valence-corrected chi connectivity index (χ1v) is 6.65. The van der Waals surface area contributed by atoms with Gasteiger partial charge in [0.1, 0.15) is 0 Å². The second-order valence-corrected chi connectivity index (χ2v) is 4.78. The average Bonchev–Trinajstić information content (AvgIpc) is 3.18. The van der Waals surface area contributed by atoms with Crippen LogP contribution in [0.2, 0.25) is 0 Å². The summed E-state index contributed by atoms with van der Waals surface area (Å²) in [4.78, 5) is 17.3. The van der Waals surface area contributed by atoms with Gasteiger partial charge >= 0.3 is 0 Å². The lowest BCUT2D eigenvalue weighted by molar-refractivity contribution is -0.0124. The van der Waals surface area contributed by atoms with Crippen molar-refractivity contribution in [2.24, 2.45) is 0 Å². The minimum Gasteiger partial charge on any atom is -0.423 e. The van der Waals surface area contributed by atoms with E-state index in [2.05, 4.69) is 15.7 Å². The van der Waals surface area contributed by atoms with E-state index in [9.17, 15) is 4.79 Å². The van der Waals surface area contributed by atoms with Gasteiger partial charge in [0.25, 0.3) is 5.91 Å². The van der Waals surface area contributed by atoms with E-state index in [-0.39, 0.29) is 12.0 Å². The van der Waals surface area contributed by atoms with Crippen molar-refractivity contribution >= 4 is 5.91 Å². The van der Waals surface area contributed by atoms with E-state index in [0.717, 1.165) is 18.4 Å². The van der Waals surface area contributed by atoms with Gasteiger partial charge in [0, 0.05) is 11.1 Å². The fraction of sp³-hybridized carbons (Fsp3) is 0.357. The second-order valence-electron chi connectivity index (χ2n) is 4.78. The van der Waals surface area contributed by atoms with E-state index >= 15 is 0 Å². The Balaban J connectivity index is 1.60. The van der Waals surface area contributed by atoms with Crippen molar-refractivity contribution in [3.05, 3.63) is 36.2 Å². The number of amides is 1. The number of carbonyl (C=O) groups excluding carboxylic acids is 1. The Kier molecular flexibility index (Phi) is 3.73. The predicted octanol–water partition coefficient (Wildman–Crippen LogP) is 2.34. The molecule has 1 aliphatic carbocycles. The molecule has 6 nitrogen and oxygen atoms in total. The maximum atomic E-state index is 11.9. The summed E-state index contributed by atoms with van der Waals surface area (Å²) < 4.78 is 5.09. The molecule has 3 rings (SSSR count). The van der Waals surface area contributed by atoms with Gasteiger partial charge in [0.05, 0.1) is 6.10 Å². The van der Waals surface area contributed by atoms with Crippen LogP contribution < -0.4 is 5.48 Å². The quantitative estimate of drug-likeness (QED) is 0.865. The van der Waals surface area contributed by atoms with E-state index in [1.165, 1.54) is 19.2 Å². The minimum atomic E-state index is -0.242. The lowest BCUT2D eigenvalue weighted by Crippen LogP contribution is -2.28. The fourth-order valence-corrected chi connectivity index (χ4v) is 2.27. The van der Waals surface area contributed by atoms with E-state index in [1.54, 1.807) is 24.3 Å². The minimum absolute atomic E-state index is 0.150. The monoisotopic (exact) mass is 273 g/mol. The van der Waals surface area contributed by atoms with Crippen LogP contribution in [0, 0.1) is 0 Å². The van der Waals surface area contributed by atoms with Gasteiger partial charge in [-0.1, -0.05) is 12.8 Å². The first-order chi connectivity index (χ1) is 9.83. The van der Waals surface area contributed by atoms with E-state index in [4.69, 9.17) is 9.25 Å². The number of hydrogen-bond acceptors (Lipinski definition) is 5. The largest absolute Gasteiger partial charge is 0.423 e. The lowest BCUT2D eigenvalue weighted by Gasteiger charge is -2.11. The van der Waals surface area contributed by atoms with Gasteiger partial charge < -0.3 is 4.42 Å². The van der Waals surface area contributed by atoms with Crippen LogP contribution in [-0.4, -0.2) is 22.2 Å². The van der Waals surface area contributed by atoms with Crippen molar-refractivity contribution in [1.29, 1.82) is 0 Å². The summed E-state index contributed by atoms with van der Waals surface area (Å²) in [6.45, 7) is 0. The first kappa shape index (κ1) is 12.8. The molecule has 1 heterocycles. The molecule has 1 aromatic carbocycles. The maximum absolute atomic E-state index is 11.9. The third-order valence-corrected chi connectivity index (χ3v) is 3.37. The van der Waals surface area contributed by atoms with Gasteiger partial charge in [-0.25, -0.2) is 5.48 Å². The smallest absolute Gasteiger partial charge is 0.274 e. The molecule has 1 saturated carbocycles. The lowest BCUT2D eigenvalue weighted by atomic mass is 10.1. The SMILES string of the molecule is O=C(NOC1CCCC1)c1ccc(-c2nnco2)cc1. The van der Waals surface area contributed by atoms with Crippen molar-refractivity contribution in [3.8, 4) is 11.5 Å². The highest BCUT2D eigenvalue weighted by molar-refractivity contribution is 5.93. The molecule has 1 amide bonds. The summed E-state index contributed by atoms with van der Waals surface area (Å²) in [5.74, 6) is 0.188. The topological polar surface area (TPSA) is 77.2 Å². The number of hydroxylamine groups is 1. The third-order valence-electron chi connectivity index (χ3n) is 3.37. The Bertz CT molecular complexity index is 560. The molecule has 0 bridgehead atoms. The van der Waals surface area contributed by atoms with Gasteiger partial charge in [0.15, 0.2) is 0 Å². The molecule has 0 radical (unpaired) electrons. The van der Waals surface area contributed by atoms with Gasteiger partial charge in [-0.15, -0.1) is 10.2 Å². The summed E-state index contributed by atoms with van der Waals surface area (Å²) in [6, 6.07) is 6.93. The second kappa shape index (κ2) is 5.83. The zero-order valence-corrected chi connectivity index (χ0v) is 10.9. The number of hydrogen-bond donors (Lipinski definition) is 1. The summed E-state index contributed by atoms with van der Waals surface area (Å²) >= 11 is 0. The number of nitrogens with zero attached hydrogens (tertiary/aromatic N) is 2. The van der Waals surface area contributed by atoms with Crippen LogP contribution in [0.4, 0.5) is 0 Å². The Morgan fingerprint density at radius 3 is 2.65 bits per heavy atom. The van der Waals surface area contributed by atoms with Gasteiger partial charge in [-0.05, 0) is 37.1 Å². The molecule has 0 aliphatic heterocycles. The predicted molar refractivity (Wildman–Crippen MR) is 70.5 cm³/mol. The number of benzene rings is 1. The fourth-order valence-electron chi connectivity index (χ4n) is 2.27. The van der Waals surface area contributed by atoms with E-state index in [1.807, 2.05) is 0 Å².